The van der Waals surface area contributed by atoms with E-state index in [1.165, 1.54) is 11.3 Å². The number of hydrogen-bond donors (Lipinski definition) is 1. The number of thiazole rings is 1. The van der Waals surface area contributed by atoms with Gasteiger partial charge in [-0.15, -0.1) is 0 Å². The van der Waals surface area contributed by atoms with E-state index in [0.717, 1.165) is 21.1 Å². The lowest BCUT2D eigenvalue weighted by Gasteiger charge is -2.06. The Morgan fingerprint density at radius 2 is 1.93 bits per heavy atom. The third-order valence-electron chi connectivity index (χ3n) is 4.63. The number of para-hydroxylation sites is 1. The highest BCUT2D eigenvalue weighted by molar-refractivity contribution is 7.22. The number of nitrogens with zero attached hydrogens (tertiary/aromatic N) is 4. The summed E-state index contributed by atoms with van der Waals surface area (Å²) >= 11 is 7.40. The van der Waals surface area contributed by atoms with Gasteiger partial charge in [0.15, 0.2) is 10.9 Å². The molecule has 0 aliphatic carbocycles. The molecule has 0 aliphatic rings. The van der Waals surface area contributed by atoms with Crippen LogP contribution in [0.2, 0.25) is 5.02 Å². The zero-order valence-corrected chi connectivity index (χ0v) is 16.8. The van der Waals surface area contributed by atoms with E-state index in [9.17, 15) is 4.79 Å². The Morgan fingerprint density at radius 1 is 1.07 bits per heavy atom. The van der Waals surface area contributed by atoms with Crippen molar-refractivity contribution in [3.8, 4) is 5.82 Å². The summed E-state index contributed by atoms with van der Waals surface area (Å²) in [6.07, 6.45) is 1.55. The van der Waals surface area contributed by atoms with E-state index < -0.39 is 0 Å². The van der Waals surface area contributed by atoms with Gasteiger partial charge in [0.05, 0.1) is 33.2 Å². The van der Waals surface area contributed by atoms with E-state index in [1.54, 1.807) is 16.9 Å². The van der Waals surface area contributed by atoms with Crippen LogP contribution in [0.1, 0.15) is 16.1 Å². The molecule has 3 heterocycles. The molecule has 1 N–H and O–H groups in total. The molecule has 0 fully saturated rings. The van der Waals surface area contributed by atoms with Crippen LogP contribution in [-0.4, -0.2) is 25.7 Å². The number of amides is 1. The molecular weight excluding hydrogens is 406 g/mol. The van der Waals surface area contributed by atoms with Crippen LogP contribution in [0.25, 0.3) is 26.9 Å². The Hall–Kier alpha value is -3.29. The number of aromatic nitrogens is 4. The summed E-state index contributed by atoms with van der Waals surface area (Å²) in [5.41, 5.74) is 2.84. The van der Waals surface area contributed by atoms with E-state index >= 15 is 0 Å². The first-order valence-corrected chi connectivity index (χ1v) is 10.1. The number of halogens is 1. The Kier molecular flexibility index (Phi) is 4.26. The number of benzene rings is 2. The van der Waals surface area contributed by atoms with Crippen molar-refractivity contribution in [2.24, 2.45) is 0 Å². The van der Waals surface area contributed by atoms with Crippen LogP contribution in [0.5, 0.6) is 0 Å². The summed E-state index contributed by atoms with van der Waals surface area (Å²) in [7, 11) is 0. The second-order valence-corrected chi connectivity index (χ2v) is 7.97. The average molecular weight is 420 g/mol. The minimum Gasteiger partial charge on any atom is -0.298 e. The van der Waals surface area contributed by atoms with Crippen LogP contribution in [0.4, 0.5) is 5.13 Å². The lowest BCUT2D eigenvalue weighted by Crippen LogP contribution is -2.13. The smallest absolute Gasteiger partial charge is 0.260 e. The molecule has 5 aromatic rings. The maximum Gasteiger partial charge on any atom is 0.260 e. The van der Waals surface area contributed by atoms with Gasteiger partial charge in [-0.25, -0.2) is 14.6 Å². The predicted molar refractivity (Wildman–Crippen MR) is 116 cm³/mol. The zero-order chi connectivity index (χ0) is 20.0. The van der Waals surface area contributed by atoms with Crippen molar-refractivity contribution < 1.29 is 4.79 Å². The fraction of sp³-hybridized carbons (Fsp3) is 0.0476. The molecule has 0 radical (unpaired) electrons. The van der Waals surface area contributed by atoms with E-state index in [0.29, 0.717) is 27.2 Å². The highest BCUT2D eigenvalue weighted by Gasteiger charge is 2.17. The highest BCUT2D eigenvalue weighted by Crippen LogP contribution is 2.29. The zero-order valence-electron chi connectivity index (χ0n) is 15.3. The minimum absolute atomic E-state index is 0.264. The van der Waals surface area contributed by atoms with Crippen LogP contribution in [0, 0.1) is 6.92 Å². The maximum absolute atomic E-state index is 12.8. The number of pyridine rings is 1. The maximum atomic E-state index is 12.8. The van der Waals surface area contributed by atoms with Gasteiger partial charge >= 0.3 is 0 Å². The van der Waals surface area contributed by atoms with E-state index in [2.05, 4.69) is 20.4 Å². The van der Waals surface area contributed by atoms with E-state index in [1.807, 2.05) is 55.5 Å². The molecule has 3 aromatic heterocycles. The van der Waals surface area contributed by atoms with Crippen molar-refractivity contribution in [2.75, 3.05) is 5.32 Å². The van der Waals surface area contributed by atoms with Gasteiger partial charge in [-0.3, -0.25) is 10.1 Å². The fourth-order valence-electron chi connectivity index (χ4n) is 3.15. The fourth-order valence-corrected chi connectivity index (χ4v) is 4.29. The van der Waals surface area contributed by atoms with Gasteiger partial charge in [-0.2, -0.15) is 5.10 Å². The van der Waals surface area contributed by atoms with Gasteiger partial charge in [0, 0.05) is 10.4 Å². The first-order chi connectivity index (χ1) is 14.1. The molecule has 0 bridgehead atoms. The van der Waals surface area contributed by atoms with Gasteiger partial charge in [-0.05, 0) is 43.3 Å². The van der Waals surface area contributed by atoms with Gasteiger partial charge < -0.3 is 0 Å². The van der Waals surface area contributed by atoms with Gasteiger partial charge in [-0.1, -0.05) is 41.1 Å². The third-order valence-corrected chi connectivity index (χ3v) is 5.79. The van der Waals surface area contributed by atoms with Crippen LogP contribution in [0.3, 0.4) is 0 Å². The summed E-state index contributed by atoms with van der Waals surface area (Å²) in [5, 5.41) is 9.43. The van der Waals surface area contributed by atoms with Crippen molar-refractivity contribution in [2.45, 2.75) is 6.92 Å². The number of nitrogens with one attached hydrogen (secondary N) is 1. The summed E-state index contributed by atoms with van der Waals surface area (Å²) < 4.78 is 2.58. The Bertz CT molecular complexity index is 1390. The van der Waals surface area contributed by atoms with E-state index in [-0.39, 0.29) is 5.91 Å². The number of fused-ring (bicyclic) bond motifs is 2. The molecular formula is C21H14ClN5OS. The molecule has 8 heteroatoms. The lowest BCUT2D eigenvalue weighted by atomic mass is 10.2. The van der Waals surface area contributed by atoms with Crippen molar-refractivity contribution in [1.29, 1.82) is 0 Å². The predicted octanol–water partition coefficient (Wildman–Crippen LogP) is 5.24. The molecule has 29 heavy (non-hydrogen) atoms. The van der Waals surface area contributed by atoms with Crippen LogP contribution in [-0.2, 0) is 0 Å². The Labute approximate surface area is 174 Å². The van der Waals surface area contributed by atoms with Gasteiger partial charge in [0.2, 0.25) is 0 Å². The quantitative estimate of drug-likeness (QED) is 0.433. The first-order valence-electron chi connectivity index (χ1n) is 8.87. The molecule has 0 saturated carbocycles. The van der Waals surface area contributed by atoms with Gasteiger partial charge in [0.25, 0.3) is 5.91 Å². The molecule has 0 atom stereocenters. The number of hydrogen-bond acceptors (Lipinski definition) is 5. The second kappa shape index (κ2) is 6.95. The average Bonchev–Trinajstić information content (AvgIpc) is 3.30. The summed E-state index contributed by atoms with van der Waals surface area (Å²) in [6, 6.07) is 17.2. The monoisotopic (exact) mass is 419 g/mol. The van der Waals surface area contributed by atoms with Crippen LogP contribution < -0.4 is 5.32 Å². The second-order valence-electron chi connectivity index (χ2n) is 6.50. The van der Waals surface area contributed by atoms with Crippen LogP contribution >= 0.6 is 22.9 Å². The number of carbonyl (C=O) groups excluding carboxylic acids is 1. The normalized spacial score (nSPS) is 11.2. The number of anilines is 1. The molecule has 0 aliphatic heterocycles. The van der Waals surface area contributed by atoms with E-state index in [4.69, 9.17) is 11.6 Å². The Balaban J connectivity index is 1.45. The summed E-state index contributed by atoms with van der Waals surface area (Å²) in [5.74, 6) is 0.398. The molecule has 5 rings (SSSR count). The molecule has 0 unspecified atom stereocenters. The third kappa shape index (κ3) is 3.24. The summed E-state index contributed by atoms with van der Waals surface area (Å²) in [6.45, 7) is 1.84. The van der Waals surface area contributed by atoms with Crippen molar-refractivity contribution in [3.63, 3.8) is 0 Å². The van der Waals surface area contributed by atoms with Crippen molar-refractivity contribution >= 4 is 55.1 Å². The number of rotatable bonds is 3. The van der Waals surface area contributed by atoms with Crippen molar-refractivity contribution in [3.05, 3.63) is 77.1 Å². The van der Waals surface area contributed by atoms with Crippen LogP contribution in [0.15, 0.2) is 60.8 Å². The molecule has 0 spiro atoms. The standard InChI is InChI=1S/C21H14ClN5OS/c1-12-15(20(28)26-21-25-17-8-7-14(22)10-18(17)29-21)11-23-27(12)19-9-6-13-4-2-3-5-16(13)24-19/h2-11H,1H3,(H,25,26,28). The van der Waals surface area contributed by atoms with Gasteiger partial charge in [0.1, 0.15) is 0 Å². The first kappa shape index (κ1) is 17.8. The molecule has 0 saturated heterocycles. The number of carbonyl (C=O) groups is 1. The highest BCUT2D eigenvalue weighted by atomic mass is 35.5. The summed E-state index contributed by atoms with van der Waals surface area (Å²) in [4.78, 5) is 21.9. The SMILES string of the molecule is Cc1c(C(=O)Nc2nc3ccc(Cl)cc3s2)cnn1-c1ccc2ccccc2n1. The minimum atomic E-state index is -0.264. The molecule has 142 valence electrons. The lowest BCUT2D eigenvalue weighted by molar-refractivity contribution is 0.102. The Morgan fingerprint density at radius 3 is 2.83 bits per heavy atom. The topological polar surface area (TPSA) is 72.7 Å². The largest absolute Gasteiger partial charge is 0.298 e. The molecule has 6 nitrogen and oxygen atoms in total. The molecule has 2 aromatic carbocycles. The molecule has 1 amide bonds. The van der Waals surface area contributed by atoms with Crippen molar-refractivity contribution in [1.82, 2.24) is 19.7 Å².